The van der Waals surface area contributed by atoms with Gasteiger partial charge in [0.1, 0.15) is 5.75 Å². The van der Waals surface area contributed by atoms with E-state index in [0.29, 0.717) is 5.88 Å². The van der Waals surface area contributed by atoms with Crippen LogP contribution in [-0.4, -0.2) is 19.1 Å². The topological polar surface area (TPSA) is 25.4 Å². The quantitative estimate of drug-likeness (QED) is 0.788. The van der Waals surface area contributed by atoms with Gasteiger partial charge in [0.2, 0.25) is 0 Å². The zero-order valence-corrected chi connectivity index (χ0v) is 11.2. The fourth-order valence-electron chi connectivity index (χ4n) is 1.79. The van der Waals surface area contributed by atoms with Crippen LogP contribution in [0, 0.1) is 0 Å². The molecule has 0 saturated heterocycles. The van der Waals surface area contributed by atoms with E-state index in [1.165, 1.54) is 0 Å². The maximum atomic E-state index is 5.94. The van der Waals surface area contributed by atoms with Crippen LogP contribution in [0.2, 0.25) is 0 Å². The summed E-state index contributed by atoms with van der Waals surface area (Å²) in [4.78, 5) is 6.20. The molecule has 3 nitrogen and oxygen atoms in total. The van der Waals surface area contributed by atoms with Gasteiger partial charge in [-0.15, -0.1) is 11.6 Å². The third-order valence-electron chi connectivity index (χ3n) is 2.83. The van der Waals surface area contributed by atoms with Crippen molar-refractivity contribution in [1.29, 1.82) is 0 Å². The summed E-state index contributed by atoms with van der Waals surface area (Å²) in [6.45, 7) is 0. The number of pyridine rings is 1. The number of rotatable bonds is 4. The Morgan fingerprint density at radius 1 is 1.33 bits per heavy atom. The molecule has 1 heterocycles. The number of hydrogen-bond acceptors (Lipinski definition) is 3. The minimum atomic E-state index is 0.464. The molecule has 0 atom stereocenters. The van der Waals surface area contributed by atoms with Crippen molar-refractivity contribution < 1.29 is 4.74 Å². The first-order valence-electron chi connectivity index (χ1n) is 5.63. The molecule has 0 aliphatic heterocycles. The highest BCUT2D eigenvalue weighted by atomic mass is 35.5. The van der Waals surface area contributed by atoms with Crippen LogP contribution < -0.4 is 9.64 Å². The highest BCUT2D eigenvalue weighted by Gasteiger charge is 2.09. The Morgan fingerprint density at radius 2 is 2.17 bits per heavy atom. The zero-order valence-electron chi connectivity index (χ0n) is 10.4. The largest absolute Gasteiger partial charge is 0.497 e. The predicted molar refractivity (Wildman–Crippen MR) is 74.9 cm³/mol. The van der Waals surface area contributed by atoms with Crippen LogP contribution in [0.1, 0.15) is 5.56 Å². The standard InChI is InChI=1S/C14H15ClN2O/c1-17(12-4-3-5-13(8-12)18-2)14-10-16-7-6-11(14)9-15/h3-8,10H,9H2,1-2H3. The molecule has 0 spiro atoms. The van der Waals surface area contributed by atoms with Gasteiger partial charge in [-0.25, -0.2) is 0 Å². The molecule has 2 rings (SSSR count). The molecule has 0 fully saturated rings. The lowest BCUT2D eigenvalue weighted by Crippen LogP contribution is -2.11. The summed E-state index contributed by atoms with van der Waals surface area (Å²) in [5.41, 5.74) is 3.09. The second-order valence-electron chi connectivity index (χ2n) is 3.90. The Morgan fingerprint density at radius 3 is 2.89 bits per heavy atom. The third-order valence-corrected chi connectivity index (χ3v) is 3.12. The van der Waals surface area contributed by atoms with Crippen molar-refractivity contribution in [3.63, 3.8) is 0 Å². The molecule has 0 unspecified atom stereocenters. The van der Waals surface area contributed by atoms with Crippen LogP contribution >= 0.6 is 11.6 Å². The number of methoxy groups -OCH3 is 1. The minimum Gasteiger partial charge on any atom is -0.497 e. The maximum absolute atomic E-state index is 5.94. The number of anilines is 2. The van der Waals surface area contributed by atoms with Gasteiger partial charge in [0.25, 0.3) is 0 Å². The second-order valence-corrected chi connectivity index (χ2v) is 4.17. The summed E-state index contributed by atoms with van der Waals surface area (Å²) in [5.74, 6) is 1.29. The van der Waals surface area contributed by atoms with Crippen LogP contribution in [0.25, 0.3) is 0 Å². The zero-order chi connectivity index (χ0) is 13.0. The van der Waals surface area contributed by atoms with Gasteiger partial charge in [-0.05, 0) is 23.8 Å². The fourth-order valence-corrected chi connectivity index (χ4v) is 2.01. The van der Waals surface area contributed by atoms with E-state index in [4.69, 9.17) is 16.3 Å². The average molecular weight is 263 g/mol. The molecule has 2 aromatic rings. The number of nitrogens with zero attached hydrogens (tertiary/aromatic N) is 2. The lowest BCUT2D eigenvalue weighted by molar-refractivity contribution is 0.415. The van der Waals surface area contributed by atoms with Crippen LogP contribution in [0.5, 0.6) is 5.75 Å². The number of halogens is 1. The highest BCUT2D eigenvalue weighted by Crippen LogP contribution is 2.29. The molecule has 0 saturated carbocycles. The van der Waals surface area contributed by atoms with Gasteiger partial charge in [-0.3, -0.25) is 4.98 Å². The first-order chi connectivity index (χ1) is 8.76. The highest BCUT2D eigenvalue weighted by molar-refractivity contribution is 6.17. The molecule has 1 aromatic heterocycles. The van der Waals surface area contributed by atoms with E-state index in [1.54, 1.807) is 13.3 Å². The fraction of sp³-hybridized carbons (Fsp3) is 0.214. The first-order valence-corrected chi connectivity index (χ1v) is 6.16. The van der Waals surface area contributed by atoms with E-state index in [2.05, 4.69) is 4.98 Å². The Hall–Kier alpha value is -1.74. The monoisotopic (exact) mass is 262 g/mol. The number of aromatic nitrogens is 1. The lowest BCUT2D eigenvalue weighted by atomic mass is 10.2. The van der Waals surface area contributed by atoms with Gasteiger partial charge in [0.15, 0.2) is 0 Å². The number of ether oxygens (including phenoxy) is 1. The molecule has 18 heavy (non-hydrogen) atoms. The van der Waals surface area contributed by atoms with Crippen molar-refractivity contribution in [2.75, 3.05) is 19.1 Å². The van der Waals surface area contributed by atoms with E-state index in [1.807, 2.05) is 48.5 Å². The summed E-state index contributed by atoms with van der Waals surface area (Å²) < 4.78 is 5.23. The Kier molecular flexibility index (Phi) is 4.05. The molecular weight excluding hydrogens is 248 g/mol. The summed E-state index contributed by atoms with van der Waals surface area (Å²) >= 11 is 5.94. The number of alkyl halides is 1. The van der Waals surface area contributed by atoms with E-state index in [0.717, 1.165) is 22.7 Å². The summed E-state index contributed by atoms with van der Waals surface area (Å²) in [6.07, 6.45) is 3.57. The van der Waals surface area contributed by atoms with Gasteiger partial charge < -0.3 is 9.64 Å². The average Bonchev–Trinajstić information content (AvgIpc) is 2.46. The third kappa shape index (κ3) is 2.57. The van der Waals surface area contributed by atoms with Crippen molar-refractivity contribution >= 4 is 23.0 Å². The van der Waals surface area contributed by atoms with E-state index in [-0.39, 0.29) is 0 Å². The Labute approximate surface area is 112 Å². The van der Waals surface area contributed by atoms with Crippen LogP contribution in [0.4, 0.5) is 11.4 Å². The van der Waals surface area contributed by atoms with Gasteiger partial charge in [0, 0.05) is 30.9 Å². The summed E-state index contributed by atoms with van der Waals surface area (Å²) in [6, 6.07) is 9.81. The van der Waals surface area contributed by atoms with Gasteiger partial charge in [-0.2, -0.15) is 0 Å². The molecule has 0 amide bonds. The van der Waals surface area contributed by atoms with Crippen molar-refractivity contribution in [2.24, 2.45) is 0 Å². The van der Waals surface area contributed by atoms with Crippen molar-refractivity contribution in [1.82, 2.24) is 4.98 Å². The first kappa shape index (κ1) is 12.7. The summed E-state index contributed by atoms with van der Waals surface area (Å²) in [5, 5.41) is 0. The SMILES string of the molecule is COc1cccc(N(C)c2cnccc2CCl)c1. The summed E-state index contributed by atoms with van der Waals surface area (Å²) in [7, 11) is 3.65. The smallest absolute Gasteiger partial charge is 0.120 e. The maximum Gasteiger partial charge on any atom is 0.120 e. The molecule has 0 aliphatic rings. The van der Waals surface area contributed by atoms with Crippen LogP contribution in [0.3, 0.4) is 0 Å². The molecule has 1 aromatic carbocycles. The minimum absolute atomic E-state index is 0.464. The van der Waals surface area contributed by atoms with E-state index in [9.17, 15) is 0 Å². The van der Waals surface area contributed by atoms with Crippen LogP contribution in [0.15, 0.2) is 42.7 Å². The van der Waals surface area contributed by atoms with Gasteiger partial charge in [0.05, 0.1) is 19.0 Å². The molecule has 4 heteroatoms. The second kappa shape index (κ2) is 5.74. The lowest BCUT2D eigenvalue weighted by Gasteiger charge is -2.21. The van der Waals surface area contributed by atoms with E-state index < -0.39 is 0 Å². The predicted octanol–water partition coefficient (Wildman–Crippen LogP) is 3.60. The van der Waals surface area contributed by atoms with Crippen LogP contribution in [-0.2, 0) is 5.88 Å². The molecular formula is C14H15ClN2O. The molecule has 0 N–H and O–H groups in total. The van der Waals surface area contributed by atoms with E-state index >= 15 is 0 Å². The number of benzene rings is 1. The van der Waals surface area contributed by atoms with Gasteiger partial charge in [-0.1, -0.05) is 6.07 Å². The number of hydrogen-bond donors (Lipinski definition) is 0. The van der Waals surface area contributed by atoms with Crippen molar-refractivity contribution in [2.45, 2.75) is 5.88 Å². The normalized spacial score (nSPS) is 10.2. The molecule has 0 bridgehead atoms. The van der Waals surface area contributed by atoms with Gasteiger partial charge >= 0.3 is 0 Å². The van der Waals surface area contributed by atoms with Crippen molar-refractivity contribution in [3.05, 3.63) is 48.3 Å². The Bertz CT molecular complexity index is 531. The molecule has 0 radical (unpaired) electrons. The Balaban J connectivity index is 2.37. The van der Waals surface area contributed by atoms with Crippen molar-refractivity contribution in [3.8, 4) is 5.75 Å². The molecule has 94 valence electrons. The molecule has 0 aliphatic carbocycles.